The number of aryl methyl sites for hydroxylation is 1. The van der Waals surface area contributed by atoms with E-state index in [4.69, 9.17) is 5.73 Å². The minimum absolute atomic E-state index is 0.124. The van der Waals surface area contributed by atoms with Crippen molar-refractivity contribution in [1.82, 2.24) is 0 Å². The summed E-state index contributed by atoms with van der Waals surface area (Å²) >= 11 is 0. The lowest BCUT2D eigenvalue weighted by atomic mass is 10.1. The third-order valence-corrected chi connectivity index (χ3v) is 1.82. The van der Waals surface area contributed by atoms with Crippen molar-refractivity contribution in [3.8, 4) is 0 Å². The first-order chi connectivity index (χ1) is 6.02. The fourth-order valence-corrected chi connectivity index (χ4v) is 0.923. The van der Waals surface area contributed by atoms with Crippen molar-refractivity contribution in [2.24, 2.45) is 5.73 Å². The predicted octanol–water partition coefficient (Wildman–Crippen LogP) is 1.63. The van der Waals surface area contributed by atoms with Crippen molar-refractivity contribution in [2.75, 3.05) is 0 Å². The van der Waals surface area contributed by atoms with Crippen LogP contribution in [-0.4, -0.2) is 5.91 Å². The van der Waals surface area contributed by atoms with E-state index in [0.717, 1.165) is 0 Å². The van der Waals surface area contributed by atoms with Crippen LogP contribution >= 0.6 is 0 Å². The summed E-state index contributed by atoms with van der Waals surface area (Å²) in [5.41, 5.74) is 6.07. The minimum Gasteiger partial charge on any atom is -0.366 e. The van der Waals surface area contributed by atoms with Gasteiger partial charge in [0, 0.05) is 5.57 Å². The number of nitrogens with two attached hydrogens (primary N) is 1. The van der Waals surface area contributed by atoms with Gasteiger partial charge >= 0.3 is 0 Å². The van der Waals surface area contributed by atoms with Crippen molar-refractivity contribution in [2.45, 2.75) is 6.92 Å². The van der Waals surface area contributed by atoms with E-state index in [-0.39, 0.29) is 11.4 Å². The number of halogens is 1. The Bertz CT molecular complexity index is 371. The molecule has 3 heteroatoms. The second-order valence-electron chi connectivity index (χ2n) is 2.81. The second-order valence-corrected chi connectivity index (χ2v) is 2.81. The molecule has 0 bridgehead atoms. The Hall–Kier alpha value is -1.64. The maximum Gasteiger partial charge on any atom is 0.248 e. The molecule has 68 valence electrons. The van der Waals surface area contributed by atoms with Gasteiger partial charge in [0.05, 0.1) is 0 Å². The maximum atomic E-state index is 13.0. The lowest BCUT2D eigenvalue weighted by Crippen LogP contribution is -2.12. The first kappa shape index (κ1) is 9.45. The molecule has 0 aromatic heterocycles. The molecule has 0 unspecified atom stereocenters. The Morgan fingerprint density at radius 3 is 2.62 bits per heavy atom. The molecule has 0 saturated heterocycles. The maximum absolute atomic E-state index is 13.0. The van der Waals surface area contributed by atoms with Crippen molar-refractivity contribution in [1.29, 1.82) is 0 Å². The minimum atomic E-state index is -0.636. The number of rotatable bonds is 2. The molecule has 13 heavy (non-hydrogen) atoms. The molecule has 0 fully saturated rings. The van der Waals surface area contributed by atoms with E-state index in [9.17, 15) is 9.18 Å². The number of hydrogen-bond acceptors (Lipinski definition) is 1. The molecule has 0 saturated carbocycles. The average molecular weight is 179 g/mol. The molecule has 1 rings (SSSR count). The molecule has 0 spiro atoms. The zero-order chi connectivity index (χ0) is 10.0. The molecule has 1 amide bonds. The fraction of sp³-hybridized carbons (Fsp3) is 0.100. The Morgan fingerprint density at radius 1 is 1.54 bits per heavy atom. The van der Waals surface area contributed by atoms with E-state index in [1.807, 2.05) is 0 Å². The van der Waals surface area contributed by atoms with Crippen molar-refractivity contribution in [3.05, 3.63) is 41.7 Å². The number of hydrogen-bond donors (Lipinski definition) is 1. The summed E-state index contributed by atoms with van der Waals surface area (Å²) in [5, 5.41) is 0. The number of amides is 1. The predicted molar refractivity (Wildman–Crippen MR) is 49.4 cm³/mol. The monoisotopic (exact) mass is 179 g/mol. The van der Waals surface area contributed by atoms with Gasteiger partial charge in [0.1, 0.15) is 5.82 Å². The van der Waals surface area contributed by atoms with Crippen molar-refractivity contribution < 1.29 is 9.18 Å². The summed E-state index contributed by atoms with van der Waals surface area (Å²) in [6, 6.07) is 4.45. The largest absolute Gasteiger partial charge is 0.366 e. The Balaban J connectivity index is 3.11. The Morgan fingerprint density at radius 2 is 2.15 bits per heavy atom. The first-order valence-corrected chi connectivity index (χ1v) is 3.77. The average Bonchev–Trinajstić information content (AvgIpc) is 2.08. The van der Waals surface area contributed by atoms with E-state index in [0.29, 0.717) is 11.1 Å². The summed E-state index contributed by atoms with van der Waals surface area (Å²) in [7, 11) is 0. The van der Waals surface area contributed by atoms with Crippen LogP contribution < -0.4 is 5.73 Å². The molecule has 0 aliphatic rings. The van der Waals surface area contributed by atoms with Gasteiger partial charge in [-0.1, -0.05) is 18.7 Å². The lowest BCUT2D eigenvalue weighted by Gasteiger charge is -2.02. The molecule has 0 aliphatic heterocycles. The van der Waals surface area contributed by atoms with Gasteiger partial charge in [0.2, 0.25) is 5.91 Å². The lowest BCUT2D eigenvalue weighted by molar-refractivity contribution is -0.112. The molecule has 0 aliphatic carbocycles. The topological polar surface area (TPSA) is 43.1 Å². The number of benzene rings is 1. The van der Waals surface area contributed by atoms with E-state index >= 15 is 0 Å². The Kier molecular flexibility index (Phi) is 2.46. The highest BCUT2D eigenvalue weighted by Crippen LogP contribution is 2.15. The summed E-state index contributed by atoms with van der Waals surface area (Å²) < 4.78 is 13.0. The molecule has 1 aromatic carbocycles. The van der Waals surface area contributed by atoms with Crippen LogP contribution in [0.1, 0.15) is 11.1 Å². The van der Waals surface area contributed by atoms with Gasteiger partial charge in [-0.15, -0.1) is 0 Å². The molecule has 2 nitrogen and oxygen atoms in total. The quantitative estimate of drug-likeness (QED) is 0.689. The third kappa shape index (κ3) is 1.93. The van der Waals surface area contributed by atoms with E-state index in [1.54, 1.807) is 19.1 Å². The van der Waals surface area contributed by atoms with Crippen LogP contribution in [0.3, 0.4) is 0 Å². The zero-order valence-electron chi connectivity index (χ0n) is 7.30. The summed E-state index contributed by atoms with van der Waals surface area (Å²) in [5.74, 6) is -0.997. The van der Waals surface area contributed by atoms with Crippen LogP contribution in [0.25, 0.3) is 5.57 Å². The number of primary amides is 1. The highest BCUT2D eigenvalue weighted by atomic mass is 19.1. The highest BCUT2D eigenvalue weighted by molar-refractivity contribution is 6.17. The van der Waals surface area contributed by atoms with Crippen molar-refractivity contribution >= 4 is 11.5 Å². The van der Waals surface area contributed by atoms with Gasteiger partial charge in [0.15, 0.2) is 0 Å². The van der Waals surface area contributed by atoms with Gasteiger partial charge in [0.25, 0.3) is 0 Å². The van der Waals surface area contributed by atoms with Gasteiger partial charge in [-0.2, -0.15) is 0 Å². The molecular weight excluding hydrogens is 169 g/mol. The van der Waals surface area contributed by atoms with Crippen LogP contribution in [0.5, 0.6) is 0 Å². The van der Waals surface area contributed by atoms with E-state index in [2.05, 4.69) is 6.58 Å². The highest BCUT2D eigenvalue weighted by Gasteiger charge is 2.06. The molecule has 0 heterocycles. The Labute approximate surface area is 75.9 Å². The summed E-state index contributed by atoms with van der Waals surface area (Å²) in [6.07, 6.45) is 0. The van der Waals surface area contributed by atoms with E-state index < -0.39 is 5.91 Å². The molecular formula is C10H10FNO. The zero-order valence-corrected chi connectivity index (χ0v) is 7.30. The second kappa shape index (κ2) is 3.39. The van der Waals surface area contributed by atoms with Crippen LogP contribution in [-0.2, 0) is 4.79 Å². The van der Waals surface area contributed by atoms with Gasteiger partial charge in [-0.3, -0.25) is 4.79 Å². The van der Waals surface area contributed by atoms with E-state index in [1.165, 1.54) is 6.07 Å². The SMILES string of the molecule is C=C(C(N)=O)c1ccc(C)c(F)c1. The van der Waals surface area contributed by atoms with Crippen LogP contribution in [0.15, 0.2) is 24.8 Å². The summed E-state index contributed by atoms with van der Waals surface area (Å²) in [4.78, 5) is 10.7. The fourth-order valence-electron chi connectivity index (χ4n) is 0.923. The van der Waals surface area contributed by atoms with Gasteiger partial charge in [-0.25, -0.2) is 4.39 Å². The third-order valence-electron chi connectivity index (χ3n) is 1.82. The van der Waals surface area contributed by atoms with Gasteiger partial charge in [-0.05, 0) is 24.1 Å². The molecule has 2 N–H and O–H groups in total. The molecule has 0 radical (unpaired) electrons. The van der Waals surface area contributed by atoms with Crippen LogP contribution in [0, 0.1) is 12.7 Å². The number of carbonyl (C=O) groups excluding carboxylic acids is 1. The van der Waals surface area contributed by atoms with Crippen LogP contribution in [0.4, 0.5) is 4.39 Å². The van der Waals surface area contributed by atoms with Crippen molar-refractivity contribution in [3.63, 3.8) is 0 Å². The normalized spacial score (nSPS) is 9.69. The standard InChI is InChI=1S/C10H10FNO/c1-6-3-4-8(5-9(6)11)7(2)10(12)13/h3-5H,2H2,1H3,(H2,12,13). The van der Waals surface area contributed by atoms with Crippen LogP contribution in [0.2, 0.25) is 0 Å². The van der Waals surface area contributed by atoms with Gasteiger partial charge < -0.3 is 5.73 Å². The molecule has 1 aromatic rings. The summed E-state index contributed by atoms with van der Waals surface area (Å²) in [6.45, 7) is 5.10. The number of carbonyl (C=O) groups is 1. The smallest absolute Gasteiger partial charge is 0.248 e. The first-order valence-electron chi connectivity index (χ1n) is 3.77. The molecule has 0 atom stereocenters.